The molecule has 0 radical (unpaired) electrons. The number of carbonyl (C=O) groups excluding carboxylic acids is 2. The summed E-state index contributed by atoms with van der Waals surface area (Å²) < 4.78 is 27.1. The molecule has 10 nitrogen and oxygen atoms in total. The number of aliphatic carboxylic acids is 1. The third-order valence-electron chi connectivity index (χ3n) is 4.56. The third-order valence-corrected chi connectivity index (χ3v) is 4.56. The van der Waals surface area contributed by atoms with Crippen LogP contribution in [0.3, 0.4) is 0 Å². The van der Waals surface area contributed by atoms with E-state index in [0.717, 1.165) is 41.3 Å². The summed E-state index contributed by atoms with van der Waals surface area (Å²) >= 11 is 0. The van der Waals surface area contributed by atoms with Crippen molar-refractivity contribution < 1.29 is 48.4 Å². The number of nitrogens with zero attached hydrogens (tertiary/aromatic N) is 1. The predicted molar refractivity (Wildman–Crippen MR) is 113 cm³/mol. The number of hydrogen-bond acceptors (Lipinski definition) is 7. The number of rotatable bonds is 10. The van der Waals surface area contributed by atoms with Gasteiger partial charge in [0.1, 0.15) is 18.2 Å². The van der Waals surface area contributed by atoms with Gasteiger partial charge in [0, 0.05) is 35.1 Å². The van der Waals surface area contributed by atoms with E-state index in [0.29, 0.717) is 0 Å². The minimum Gasteiger partial charge on any atom is -0.480 e. The van der Waals surface area contributed by atoms with E-state index in [9.17, 15) is 33.2 Å². The molecule has 0 heterocycles. The first kappa shape index (κ1) is 25.9. The maximum atomic E-state index is 13.6. The average molecular weight is 464 g/mol. The molecule has 0 aliphatic heterocycles. The van der Waals surface area contributed by atoms with E-state index in [4.69, 9.17) is 15.2 Å². The molecule has 0 saturated carbocycles. The maximum Gasteiger partial charge on any atom is 0.491 e. The van der Waals surface area contributed by atoms with Crippen molar-refractivity contribution >= 4 is 42.9 Å². The molecule has 0 saturated heterocycles. The van der Waals surface area contributed by atoms with Crippen molar-refractivity contribution in [3.8, 4) is 0 Å². The van der Waals surface area contributed by atoms with E-state index in [2.05, 4.69) is 5.32 Å². The van der Waals surface area contributed by atoms with Gasteiger partial charge >= 0.3 is 20.2 Å². The first-order valence-corrected chi connectivity index (χ1v) is 9.61. The summed E-state index contributed by atoms with van der Waals surface area (Å²) in [7, 11) is -4.27. The Labute approximate surface area is 187 Å². The summed E-state index contributed by atoms with van der Waals surface area (Å²) in [5.41, 5.74) is -1.23. The second-order valence-electron chi connectivity index (χ2n) is 6.95. The van der Waals surface area contributed by atoms with Crippen LogP contribution < -0.4 is 16.2 Å². The molecule has 0 unspecified atom stereocenters. The number of hydrogen-bond donors (Lipinski definition) is 6. The average Bonchev–Trinajstić information content (AvgIpc) is 2.75. The summed E-state index contributed by atoms with van der Waals surface area (Å²) in [5.74, 6) is -4.63. The molecule has 0 aliphatic rings. The second kappa shape index (κ2) is 11.5. The molecule has 0 spiro atoms. The quantitative estimate of drug-likeness (QED) is 0.168. The summed E-state index contributed by atoms with van der Waals surface area (Å²) in [6.45, 7) is -0.832. The summed E-state index contributed by atoms with van der Waals surface area (Å²) in [4.78, 5) is 36.9. The molecule has 14 heteroatoms. The predicted octanol–water partition coefficient (Wildman–Crippen LogP) is -2.33. The summed E-state index contributed by atoms with van der Waals surface area (Å²) in [5, 5.41) is 48.2. The standard InChI is InChI=1S/C19H20B2F2N2O8/c22-15-4-2-11(8-13(15)20(30)31)18(28)24-6-1-7-25(10-17(26)27)19(29)12-3-5-16(23)14(9-12)21(32)33/h2-5,8-9,30-33H,1,6-7,10H2,(H,24,28)(H,26,27). The van der Waals surface area contributed by atoms with Gasteiger partial charge in [-0.05, 0) is 42.8 Å². The highest BCUT2D eigenvalue weighted by molar-refractivity contribution is 6.59. The van der Waals surface area contributed by atoms with Gasteiger partial charge in [0.25, 0.3) is 11.8 Å². The molecule has 2 amide bonds. The van der Waals surface area contributed by atoms with Crippen LogP contribution >= 0.6 is 0 Å². The molecule has 33 heavy (non-hydrogen) atoms. The van der Waals surface area contributed by atoms with Crippen LogP contribution in [0.4, 0.5) is 8.78 Å². The van der Waals surface area contributed by atoms with E-state index in [1.54, 1.807) is 0 Å². The van der Waals surface area contributed by atoms with Crippen LogP contribution in [0.25, 0.3) is 0 Å². The van der Waals surface area contributed by atoms with Gasteiger partial charge in [-0.1, -0.05) is 0 Å². The van der Waals surface area contributed by atoms with Gasteiger partial charge in [-0.25, -0.2) is 8.78 Å². The Bertz CT molecular complexity index is 1040. The van der Waals surface area contributed by atoms with Crippen molar-refractivity contribution in [2.24, 2.45) is 0 Å². The second-order valence-corrected chi connectivity index (χ2v) is 6.95. The monoisotopic (exact) mass is 464 g/mol. The van der Waals surface area contributed by atoms with Crippen molar-refractivity contribution in [2.75, 3.05) is 19.6 Å². The Morgan fingerprint density at radius 2 is 1.39 bits per heavy atom. The number of carboxylic acid groups (broad SMARTS) is 1. The van der Waals surface area contributed by atoms with Gasteiger partial charge in [-0.2, -0.15) is 0 Å². The van der Waals surface area contributed by atoms with Crippen LogP contribution in [-0.4, -0.2) is 81.8 Å². The Morgan fingerprint density at radius 3 is 1.91 bits per heavy atom. The van der Waals surface area contributed by atoms with Crippen molar-refractivity contribution in [3.05, 3.63) is 59.2 Å². The van der Waals surface area contributed by atoms with Gasteiger partial charge < -0.3 is 35.4 Å². The molecule has 174 valence electrons. The van der Waals surface area contributed by atoms with Crippen molar-refractivity contribution in [3.63, 3.8) is 0 Å². The fourth-order valence-electron chi connectivity index (χ4n) is 2.93. The van der Waals surface area contributed by atoms with Crippen LogP contribution in [0.15, 0.2) is 36.4 Å². The fraction of sp³-hybridized carbons (Fsp3) is 0.211. The van der Waals surface area contributed by atoms with Gasteiger partial charge in [0.2, 0.25) is 0 Å². The number of amides is 2. The van der Waals surface area contributed by atoms with E-state index >= 15 is 0 Å². The van der Waals surface area contributed by atoms with Crippen molar-refractivity contribution in [1.29, 1.82) is 0 Å². The molecule has 6 N–H and O–H groups in total. The number of carbonyl (C=O) groups is 3. The van der Waals surface area contributed by atoms with Gasteiger partial charge in [0.15, 0.2) is 0 Å². The van der Waals surface area contributed by atoms with Crippen LogP contribution in [-0.2, 0) is 4.79 Å². The highest BCUT2D eigenvalue weighted by Crippen LogP contribution is 2.08. The molecular weight excluding hydrogens is 444 g/mol. The zero-order chi connectivity index (χ0) is 24.7. The fourth-order valence-corrected chi connectivity index (χ4v) is 2.93. The van der Waals surface area contributed by atoms with E-state index < -0.39 is 61.1 Å². The minimum atomic E-state index is -2.17. The van der Waals surface area contributed by atoms with Gasteiger partial charge in [-0.3, -0.25) is 14.4 Å². The molecule has 0 aromatic heterocycles. The third kappa shape index (κ3) is 7.08. The van der Waals surface area contributed by atoms with Gasteiger partial charge in [0.05, 0.1) is 0 Å². The molecule has 0 aliphatic carbocycles. The highest BCUT2D eigenvalue weighted by atomic mass is 19.1. The SMILES string of the molecule is O=C(O)CN(CCCNC(=O)c1ccc(F)c(B(O)O)c1)C(=O)c1ccc(F)c(B(O)O)c1. The number of halogens is 2. The molecule has 0 fully saturated rings. The number of nitrogens with one attached hydrogen (secondary N) is 1. The largest absolute Gasteiger partial charge is 0.491 e. The normalized spacial score (nSPS) is 10.5. The summed E-state index contributed by atoms with van der Waals surface area (Å²) in [6, 6.07) is 5.83. The highest BCUT2D eigenvalue weighted by Gasteiger charge is 2.23. The molecule has 2 aromatic carbocycles. The lowest BCUT2D eigenvalue weighted by atomic mass is 9.79. The molecule has 2 aromatic rings. The first-order chi connectivity index (χ1) is 15.5. The zero-order valence-corrected chi connectivity index (χ0v) is 17.1. The van der Waals surface area contributed by atoms with Crippen LogP contribution in [0.1, 0.15) is 27.1 Å². The molecule has 0 atom stereocenters. The zero-order valence-electron chi connectivity index (χ0n) is 17.1. The maximum absolute atomic E-state index is 13.6. The van der Waals surface area contributed by atoms with Crippen molar-refractivity contribution in [1.82, 2.24) is 10.2 Å². The van der Waals surface area contributed by atoms with Crippen LogP contribution in [0.2, 0.25) is 0 Å². The first-order valence-electron chi connectivity index (χ1n) is 9.61. The molecule has 0 bridgehead atoms. The van der Waals surface area contributed by atoms with E-state index in [1.165, 1.54) is 0 Å². The Balaban J connectivity index is 2.02. The van der Waals surface area contributed by atoms with Crippen LogP contribution in [0, 0.1) is 11.6 Å². The van der Waals surface area contributed by atoms with Crippen LogP contribution in [0.5, 0.6) is 0 Å². The Morgan fingerprint density at radius 1 is 0.879 bits per heavy atom. The number of carboxylic acids is 1. The molecule has 2 rings (SSSR count). The topological polar surface area (TPSA) is 168 Å². The van der Waals surface area contributed by atoms with E-state index in [1.807, 2.05) is 0 Å². The minimum absolute atomic E-state index is 0.0133. The summed E-state index contributed by atoms with van der Waals surface area (Å²) in [6.07, 6.45) is 0.109. The smallest absolute Gasteiger partial charge is 0.480 e. The lowest BCUT2D eigenvalue weighted by Gasteiger charge is -2.21. The molecular formula is C19H20B2F2N2O8. The lowest BCUT2D eigenvalue weighted by molar-refractivity contribution is -0.137. The lowest BCUT2D eigenvalue weighted by Crippen LogP contribution is -2.39. The van der Waals surface area contributed by atoms with Crippen molar-refractivity contribution in [2.45, 2.75) is 6.42 Å². The Kier molecular flexibility index (Phi) is 9.05. The number of benzene rings is 2. The van der Waals surface area contributed by atoms with Gasteiger partial charge in [-0.15, -0.1) is 0 Å². The Hall–Kier alpha value is -3.32. The van der Waals surface area contributed by atoms with E-state index in [-0.39, 0.29) is 30.6 Å².